The Balaban J connectivity index is 2.53. The first kappa shape index (κ1) is 10.9. The van der Waals surface area contributed by atoms with Crippen LogP contribution in [-0.2, 0) is 0 Å². The summed E-state index contributed by atoms with van der Waals surface area (Å²) in [4.78, 5) is 11.8. The zero-order chi connectivity index (χ0) is 12.3. The molecule has 0 saturated carbocycles. The van der Waals surface area contributed by atoms with Gasteiger partial charge in [0.05, 0.1) is 6.61 Å². The molecular weight excluding hydrogens is 220 g/mol. The standard InChI is InChI=1S/C10H10N6O/c1-2-17-10-8(12)9(14-6-15-10)16-4-3-13-7(16)5-11/h3-4,6H,2,12H2,1H3. The van der Waals surface area contributed by atoms with Gasteiger partial charge in [0, 0.05) is 12.4 Å². The first-order chi connectivity index (χ1) is 8.27. The Hall–Kier alpha value is -2.62. The van der Waals surface area contributed by atoms with E-state index in [1.807, 2.05) is 13.0 Å². The highest BCUT2D eigenvalue weighted by Crippen LogP contribution is 2.24. The van der Waals surface area contributed by atoms with Gasteiger partial charge < -0.3 is 10.5 Å². The fourth-order valence-corrected chi connectivity index (χ4v) is 1.37. The smallest absolute Gasteiger partial charge is 0.242 e. The SMILES string of the molecule is CCOc1ncnc(-n2ccnc2C#N)c1N. The molecule has 0 unspecified atom stereocenters. The number of nitriles is 1. The molecule has 86 valence electrons. The van der Waals surface area contributed by atoms with Gasteiger partial charge in [0.25, 0.3) is 0 Å². The summed E-state index contributed by atoms with van der Waals surface area (Å²) in [6.45, 7) is 2.29. The zero-order valence-electron chi connectivity index (χ0n) is 9.16. The minimum absolute atomic E-state index is 0.206. The summed E-state index contributed by atoms with van der Waals surface area (Å²) in [5.41, 5.74) is 6.16. The second-order valence-electron chi connectivity index (χ2n) is 3.08. The Morgan fingerprint density at radius 1 is 1.47 bits per heavy atom. The van der Waals surface area contributed by atoms with Crippen LogP contribution in [0.5, 0.6) is 5.88 Å². The van der Waals surface area contributed by atoms with Crippen LogP contribution in [0.1, 0.15) is 12.7 Å². The number of hydrogen-bond donors (Lipinski definition) is 1. The van der Waals surface area contributed by atoms with Crippen LogP contribution in [0.15, 0.2) is 18.7 Å². The molecule has 0 aliphatic rings. The van der Waals surface area contributed by atoms with Gasteiger partial charge in [-0.2, -0.15) is 10.2 Å². The van der Waals surface area contributed by atoms with Crippen LogP contribution >= 0.6 is 0 Å². The molecule has 2 N–H and O–H groups in total. The largest absolute Gasteiger partial charge is 0.476 e. The number of nitrogens with zero attached hydrogens (tertiary/aromatic N) is 5. The molecule has 2 aromatic heterocycles. The molecule has 2 aromatic rings. The van der Waals surface area contributed by atoms with Crippen LogP contribution in [0.25, 0.3) is 5.82 Å². The van der Waals surface area contributed by atoms with Crippen molar-refractivity contribution in [3.8, 4) is 17.8 Å². The van der Waals surface area contributed by atoms with Crippen molar-refractivity contribution in [1.29, 1.82) is 5.26 Å². The summed E-state index contributed by atoms with van der Waals surface area (Å²) in [5.74, 6) is 0.894. The van der Waals surface area contributed by atoms with Crippen molar-refractivity contribution < 1.29 is 4.74 Å². The van der Waals surface area contributed by atoms with Gasteiger partial charge in [-0.25, -0.2) is 9.97 Å². The first-order valence-electron chi connectivity index (χ1n) is 4.95. The Morgan fingerprint density at radius 2 is 2.29 bits per heavy atom. The highest BCUT2D eigenvalue weighted by molar-refractivity contribution is 5.60. The number of hydrogen-bond acceptors (Lipinski definition) is 6. The summed E-state index contributed by atoms with van der Waals surface area (Å²) < 4.78 is 6.74. The predicted octanol–water partition coefficient (Wildman–Crippen LogP) is 0.515. The molecule has 0 fully saturated rings. The zero-order valence-corrected chi connectivity index (χ0v) is 9.16. The Labute approximate surface area is 97.5 Å². The third-order valence-corrected chi connectivity index (χ3v) is 2.08. The minimum Gasteiger partial charge on any atom is -0.476 e. The predicted molar refractivity (Wildman–Crippen MR) is 59.5 cm³/mol. The van der Waals surface area contributed by atoms with Crippen molar-refractivity contribution in [3.05, 3.63) is 24.5 Å². The number of nitrogen functional groups attached to an aromatic ring is 1. The van der Waals surface area contributed by atoms with Gasteiger partial charge in [0.1, 0.15) is 18.1 Å². The van der Waals surface area contributed by atoms with Crippen LogP contribution in [0.4, 0.5) is 5.69 Å². The van der Waals surface area contributed by atoms with E-state index in [1.165, 1.54) is 17.1 Å². The summed E-state index contributed by atoms with van der Waals surface area (Å²) >= 11 is 0. The minimum atomic E-state index is 0.206. The van der Waals surface area contributed by atoms with E-state index in [2.05, 4.69) is 15.0 Å². The molecule has 2 rings (SSSR count). The Bertz CT molecular complexity index is 570. The molecule has 7 heteroatoms. The molecule has 0 saturated heterocycles. The lowest BCUT2D eigenvalue weighted by atomic mass is 10.4. The number of aromatic nitrogens is 4. The molecular formula is C10H10N6O. The quantitative estimate of drug-likeness (QED) is 0.824. The molecule has 0 aliphatic heterocycles. The van der Waals surface area contributed by atoms with Crippen LogP contribution in [0.3, 0.4) is 0 Å². The summed E-state index contributed by atoms with van der Waals surface area (Å²) in [6.07, 6.45) is 4.44. The van der Waals surface area contributed by atoms with Gasteiger partial charge in [-0.05, 0) is 6.92 Å². The monoisotopic (exact) mass is 230 g/mol. The first-order valence-corrected chi connectivity index (χ1v) is 4.95. The average Bonchev–Trinajstić information content (AvgIpc) is 2.80. The van der Waals surface area contributed by atoms with Gasteiger partial charge in [-0.15, -0.1) is 0 Å². The van der Waals surface area contributed by atoms with Gasteiger partial charge >= 0.3 is 0 Å². The number of nitrogens with two attached hydrogens (primary N) is 1. The van der Waals surface area contributed by atoms with Crippen molar-refractivity contribution in [1.82, 2.24) is 19.5 Å². The summed E-state index contributed by atoms with van der Waals surface area (Å²) in [5, 5.41) is 8.88. The second-order valence-corrected chi connectivity index (χ2v) is 3.08. The van der Waals surface area contributed by atoms with Crippen molar-refractivity contribution in [2.24, 2.45) is 0 Å². The maximum absolute atomic E-state index is 8.88. The maximum Gasteiger partial charge on any atom is 0.242 e. The second kappa shape index (κ2) is 4.49. The molecule has 2 heterocycles. The van der Waals surface area contributed by atoms with E-state index >= 15 is 0 Å². The average molecular weight is 230 g/mol. The van der Waals surface area contributed by atoms with Gasteiger partial charge in [-0.3, -0.25) is 4.57 Å². The molecule has 0 spiro atoms. The van der Waals surface area contributed by atoms with Crippen LogP contribution in [0, 0.1) is 11.3 Å². The van der Waals surface area contributed by atoms with Crippen molar-refractivity contribution >= 4 is 5.69 Å². The van der Waals surface area contributed by atoms with Gasteiger partial charge in [0.15, 0.2) is 5.82 Å². The van der Waals surface area contributed by atoms with E-state index < -0.39 is 0 Å². The fraction of sp³-hybridized carbons (Fsp3) is 0.200. The van der Waals surface area contributed by atoms with E-state index in [0.29, 0.717) is 18.3 Å². The fourth-order valence-electron chi connectivity index (χ4n) is 1.37. The lowest BCUT2D eigenvalue weighted by Crippen LogP contribution is -2.08. The van der Waals surface area contributed by atoms with Crippen molar-refractivity contribution in [3.63, 3.8) is 0 Å². The third kappa shape index (κ3) is 1.88. The number of ether oxygens (including phenoxy) is 1. The van der Waals surface area contributed by atoms with E-state index in [1.54, 1.807) is 6.20 Å². The van der Waals surface area contributed by atoms with E-state index in [4.69, 9.17) is 15.7 Å². The van der Waals surface area contributed by atoms with Gasteiger partial charge in [0.2, 0.25) is 11.7 Å². The topological polar surface area (TPSA) is 103 Å². The normalized spacial score (nSPS) is 9.88. The molecule has 0 aromatic carbocycles. The molecule has 17 heavy (non-hydrogen) atoms. The van der Waals surface area contributed by atoms with Crippen LogP contribution < -0.4 is 10.5 Å². The molecule has 0 atom stereocenters. The molecule has 0 aliphatic carbocycles. The highest BCUT2D eigenvalue weighted by Gasteiger charge is 2.13. The molecule has 7 nitrogen and oxygen atoms in total. The van der Waals surface area contributed by atoms with Crippen LogP contribution in [-0.4, -0.2) is 26.1 Å². The third-order valence-electron chi connectivity index (χ3n) is 2.08. The van der Waals surface area contributed by atoms with E-state index in [9.17, 15) is 0 Å². The van der Waals surface area contributed by atoms with Crippen LogP contribution in [0.2, 0.25) is 0 Å². The maximum atomic E-state index is 8.88. The number of imidazole rings is 1. The molecule has 0 bridgehead atoms. The number of anilines is 1. The Kier molecular flexibility index (Phi) is 2.87. The summed E-state index contributed by atoms with van der Waals surface area (Å²) in [6, 6.07) is 1.95. The van der Waals surface area contributed by atoms with E-state index in [-0.39, 0.29) is 11.5 Å². The summed E-state index contributed by atoms with van der Waals surface area (Å²) in [7, 11) is 0. The van der Waals surface area contributed by atoms with E-state index in [0.717, 1.165) is 0 Å². The van der Waals surface area contributed by atoms with Gasteiger partial charge in [-0.1, -0.05) is 0 Å². The lowest BCUT2D eigenvalue weighted by molar-refractivity contribution is 0.328. The molecule has 0 amide bonds. The Morgan fingerprint density at radius 3 is 3.00 bits per heavy atom. The number of rotatable bonds is 3. The lowest BCUT2D eigenvalue weighted by Gasteiger charge is -2.09. The van der Waals surface area contributed by atoms with Crippen molar-refractivity contribution in [2.75, 3.05) is 12.3 Å². The molecule has 0 radical (unpaired) electrons. The highest BCUT2D eigenvalue weighted by atomic mass is 16.5. The van der Waals surface area contributed by atoms with Crippen molar-refractivity contribution in [2.45, 2.75) is 6.92 Å².